The minimum Gasteiger partial charge on any atom is -0.338 e. The van der Waals surface area contributed by atoms with Gasteiger partial charge in [0.15, 0.2) is 11.5 Å². The number of nitrogens with one attached hydrogen (secondary N) is 1. The third-order valence-corrected chi connectivity index (χ3v) is 5.90. The first-order valence-corrected chi connectivity index (χ1v) is 10.1. The summed E-state index contributed by atoms with van der Waals surface area (Å²) in [6.07, 6.45) is 7.48. The molecular weight excluding hydrogens is 380 g/mol. The molecular formula is C22H22N6O2. The molecule has 0 radical (unpaired) electrons. The average molecular weight is 402 g/mol. The van der Waals surface area contributed by atoms with Crippen molar-refractivity contribution in [2.75, 3.05) is 18.4 Å². The molecule has 1 unspecified atom stereocenters. The Labute approximate surface area is 173 Å². The number of rotatable bonds is 4. The molecule has 2 aromatic heterocycles. The Bertz CT molecular complexity index is 1170. The SMILES string of the molecule is C=CC(=O)N1CCC(c2cn3ncnc3c(Nc3ccc4c(c3)CC(=O)CC4)n2)C1. The Kier molecular flexibility index (Phi) is 4.54. The summed E-state index contributed by atoms with van der Waals surface area (Å²) < 4.78 is 1.71. The molecule has 152 valence electrons. The fourth-order valence-corrected chi connectivity index (χ4v) is 4.28. The summed E-state index contributed by atoms with van der Waals surface area (Å²) in [6, 6.07) is 6.11. The molecule has 1 amide bonds. The summed E-state index contributed by atoms with van der Waals surface area (Å²) in [5.41, 5.74) is 4.66. The predicted octanol–water partition coefficient (Wildman–Crippen LogP) is 2.43. The Hall–Kier alpha value is -3.55. The number of ketones is 1. The van der Waals surface area contributed by atoms with Crippen molar-refractivity contribution < 1.29 is 9.59 Å². The summed E-state index contributed by atoms with van der Waals surface area (Å²) in [6.45, 7) is 4.87. The van der Waals surface area contributed by atoms with E-state index in [1.54, 1.807) is 9.42 Å². The zero-order chi connectivity index (χ0) is 20.7. The fourth-order valence-electron chi connectivity index (χ4n) is 4.28. The molecule has 3 aromatic rings. The van der Waals surface area contributed by atoms with Crippen molar-refractivity contribution in [3.63, 3.8) is 0 Å². The van der Waals surface area contributed by atoms with Crippen LogP contribution in [-0.4, -0.2) is 49.3 Å². The van der Waals surface area contributed by atoms with E-state index in [9.17, 15) is 9.59 Å². The number of carbonyl (C=O) groups is 2. The van der Waals surface area contributed by atoms with Crippen molar-refractivity contribution in [3.05, 3.63) is 60.2 Å². The van der Waals surface area contributed by atoms with E-state index >= 15 is 0 Å². The second-order valence-electron chi connectivity index (χ2n) is 7.84. The minimum atomic E-state index is -0.0544. The van der Waals surface area contributed by atoms with E-state index in [4.69, 9.17) is 4.98 Å². The van der Waals surface area contributed by atoms with Crippen LogP contribution in [-0.2, 0) is 22.4 Å². The third kappa shape index (κ3) is 3.34. The van der Waals surface area contributed by atoms with Crippen LogP contribution in [0, 0.1) is 0 Å². The zero-order valence-corrected chi connectivity index (χ0v) is 16.5. The van der Waals surface area contributed by atoms with Gasteiger partial charge in [-0.15, -0.1) is 0 Å². The third-order valence-electron chi connectivity index (χ3n) is 5.90. The van der Waals surface area contributed by atoms with Crippen LogP contribution < -0.4 is 5.32 Å². The van der Waals surface area contributed by atoms with Crippen LogP contribution in [0.4, 0.5) is 11.5 Å². The lowest BCUT2D eigenvalue weighted by Gasteiger charge is -2.17. The van der Waals surface area contributed by atoms with Gasteiger partial charge in [0, 0.05) is 37.5 Å². The molecule has 1 N–H and O–H groups in total. The monoisotopic (exact) mass is 402 g/mol. The first-order valence-electron chi connectivity index (χ1n) is 10.1. The Morgan fingerprint density at radius 3 is 3.03 bits per heavy atom. The fraction of sp³-hybridized carbons (Fsp3) is 0.318. The Morgan fingerprint density at radius 2 is 2.17 bits per heavy atom. The van der Waals surface area contributed by atoms with Crippen LogP contribution in [0.3, 0.4) is 0 Å². The molecule has 3 heterocycles. The largest absolute Gasteiger partial charge is 0.338 e. The van der Waals surface area contributed by atoms with Gasteiger partial charge in [0.2, 0.25) is 5.91 Å². The van der Waals surface area contributed by atoms with Crippen LogP contribution in [0.25, 0.3) is 5.65 Å². The number of aromatic nitrogens is 4. The maximum Gasteiger partial charge on any atom is 0.245 e. The van der Waals surface area contributed by atoms with Gasteiger partial charge in [-0.1, -0.05) is 12.6 Å². The molecule has 1 fully saturated rings. The lowest BCUT2D eigenvalue weighted by Crippen LogP contribution is -2.26. The summed E-state index contributed by atoms with van der Waals surface area (Å²) in [4.78, 5) is 34.7. The second kappa shape index (κ2) is 7.37. The maximum atomic E-state index is 11.9. The molecule has 30 heavy (non-hydrogen) atoms. The number of hydrogen-bond acceptors (Lipinski definition) is 6. The van der Waals surface area contributed by atoms with Crippen LogP contribution in [0.15, 0.2) is 43.4 Å². The number of anilines is 2. The number of nitrogens with zero attached hydrogens (tertiary/aromatic N) is 5. The Morgan fingerprint density at radius 1 is 1.27 bits per heavy atom. The van der Waals surface area contributed by atoms with E-state index in [-0.39, 0.29) is 17.6 Å². The van der Waals surface area contributed by atoms with Gasteiger partial charge < -0.3 is 10.2 Å². The van der Waals surface area contributed by atoms with Crippen molar-refractivity contribution in [2.45, 2.75) is 31.6 Å². The smallest absolute Gasteiger partial charge is 0.245 e. The van der Waals surface area contributed by atoms with Gasteiger partial charge in [-0.05, 0) is 42.2 Å². The van der Waals surface area contributed by atoms with Crippen LogP contribution in [0.2, 0.25) is 0 Å². The van der Waals surface area contributed by atoms with Gasteiger partial charge in [-0.3, -0.25) is 9.59 Å². The summed E-state index contributed by atoms with van der Waals surface area (Å²) in [5, 5.41) is 7.65. The highest BCUT2D eigenvalue weighted by atomic mass is 16.2. The van der Waals surface area contributed by atoms with Gasteiger partial charge in [0.25, 0.3) is 0 Å². The summed E-state index contributed by atoms with van der Waals surface area (Å²) in [5.74, 6) is 0.963. The molecule has 1 aliphatic carbocycles. The van der Waals surface area contributed by atoms with Crippen molar-refractivity contribution in [2.24, 2.45) is 0 Å². The standard InChI is InChI=1S/C22H22N6O2/c1-2-20(30)27-8-7-15(11-27)19-12-28-22(23-13-24-28)21(26-19)25-17-5-3-14-4-6-18(29)10-16(14)9-17/h2-3,5,9,12-13,15H,1,4,6-8,10-11H2,(H,25,26). The number of carbonyl (C=O) groups excluding carboxylic acids is 2. The molecule has 2 aliphatic rings. The highest BCUT2D eigenvalue weighted by Crippen LogP contribution is 2.30. The number of likely N-dealkylation sites (tertiary alicyclic amines) is 1. The van der Waals surface area contributed by atoms with Crippen molar-refractivity contribution >= 4 is 28.8 Å². The molecule has 1 aromatic carbocycles. The van der Waals surface area contributed by atoms with E-state index in [1.807, 2.05) is 18.3 Å². The van der Waals surface area contributed by atoms with Crippen LogP contribution in [0.5, 0.6) is 0 Å². The molecule has 0 spiro atoms. The number of aryl methyl sites for hydroxylation is 1. The molecule has 8 nitrogen and oxygen atoms in total. The minimum absolute atomic E-state index is 0.0544. The molecule has 8 heteroatoms. The second-order valence-corrected chi connectivity index (χ2v) is 7.84. The Balaban J connectivity index is 1.46. The van der Waals surface area contributed by atoms with Gasteiger partial charge >= 0.3 is 0 Å². The van der Waals surface area contributed by atoms with Gasteiger partial charge in [0.05, 0.1) is 11.9 Å². The normalized spacial score (nSPS) is 18.5. The van der Waals surface area contributed by atoms with Crippen molar-refractivity contribution in [3.8, 4) is 0 Å². The topological polar surface area (TPSA) is 92.5 Å². The first-order chi connectivity index (χ1) is 14.6. The molecule has 5 rings (SSSR count). The number of fused-ring (bicyclic) bond motifs is 2. The summed E-state index contributed by atoms with van der Waals surface area (Å²) >= 11 is 0. The lowest BCUT2D eigenvalue weighted by molar-refractivity contribution is -0.125. The maximum absolute atomic E-state index is 11.9. The highest BCUT2D eigenvalue weighted by molar-refractivity contribution is 5.87. The van der Waals surface area contributed by atoms with E-state index in [0.29, 0.717) is 37.4 Å². The van der Waals surface area contributed by atoms with Crippen LogP contribution >= 0.6 is 0 Å². The predicted molar refractivity (Wildman–Crippen MR) is 112 cm³/mol. The zero-order valence-electron chi connectivity index (χ0n) is 16.5. The molecule has 1 saturated heterocycles. The molecule has 0 bridgehead atoms. The number of hydrogen-bond donors (Lipinski definition) is 1. The van der Waals surface area contributed by atoms with Gasteiger partial charge in [-0.25, -0.2) is 14.5 Å². The average Bonchev–Trinajstić information content (AvgIpc) is 3.42. The van der Waals surface area contributed by atoms with Crippen molar-refractivity contribution in [1.29, 1.82) is 0 Å². The molecule has 1 atom stereocenters. The number of Topliss-reactive ketones (excluding diaryl/α,β-unsaturated/α-hetero) is 1. The summed E-state index contributed by atoms with van der Waals surface area (Å²) in [7, 11) is 0. The van der Waals surface area contributed by atoms with E-state index in [1.165, 1.54) is 18.0 Å². The number of amides is 1. The van der Waals surface area contributed by atoms with E-state index in [0.717, 1.165) is 29.8 Å². The van der Waals surface area contributed by atoms with Gasteiger partial charge in [0.1, 0.15) is 12.1 Å². The van der Waals surface area contributed by atoms with Crippen molar-refractivity contribution in [1.82, 2.24) is 24.5 Å². The van der Waals surface area contributed by atoms with E-state index < -0.39 is 0 Å². The van der Waals surface area contributed by atoms with E-state index in [2.05, 4.69) is 28.0 Å². The van der Waals surface area contributed by atoms with Crippen LogP contribution in [0.1, 0.15) is 35.6 Å². The quantitative estimate of drug-likeness (QED) is 0.674. The molecule has 0 saturated carbocycles. The lowest BCUT2D eigenvalue weighted by atomic mass is 9.90. The van der Waals surface area contributed by atoms with Gasteiger partial charge in [-0.2, -0.15) is 5.10 Å². The first kappa shape index (κ1) is 18.5. The number of benzene rings is 1. The molecule has 1 aliphatic heterocycles. The highest BCUT2D eigenvalue weighted by Gasteiger charge is 2.28.